The third-order valence-electron chi connectivity index (χ3n) is 2.59. The molecule has 1 nitrogen and oxygen atoms in total. The molecule has 1 aliphatic rings. The van der Waals surface area contributed by atoms with Crippen LogP contribution in [0.25, 0.3) is 5.57 Å². The Morgan fingerprint density at radius 3 is 2.86 bits per heavy atom. The van der Waals surface area contributed by atoms with E-state index in [0.717, 1.165) is 24.0 Å². The van der Waals surface area contributed by atoms with E-state index in [-0.39, 0.29) is 0 Å². The minimum absolute atomic E-state index is 0.293. The maximum absolute atomic E-state index is 11.6. The molecule has 0 fully saturated rings. The predicted molar refractivity (Wildman–Crippen MR) is 58.0 cm³/mol. The average molecular weight is 186 g/mol. The number of carbonyl (C=O) groups excluding carboxylic acids is 1. The molecule has 0 N–H and O–H groups in total. The van der Waals surface area contributed by atoms with Crippen LogP contribution in [0.2, 0.25) is 0 Å². The molecule has 14 heavy (non-hydrogen) atoms. The Morgan fingerprint density at radius 2 is 2.14 bits per heavy atom. The first-order chi connectivity index (χ1) is 6.77. The van der Waals surface area contributed by atoms with Crippen LogP contribution >= 0.6 is 0 Å². The highest BCUT2D eigenvalue weighted by Crippen LogP contribution is 2.24. The monoisotopic (exact) mass is 186 g/mol. The summed E-state index contributed by atoms with van der Waals surface area (Å²) in [6, 6.07) is 8.15. The summed E-state index contributed by atoms with van der Waals surface area (Å²) in [6.07, 6.45) is 4.82. The van der Waals surface area contributed by atoms with Crippen LogP contribution in [-0.2, 0) is 4.79 Å². The second-order valence-corrected chi connectivity index (χ2v) is 3.80. The van der Waals surface area contributed by atoms with Crippen molar-refractivity contribution in [3.05, 3.63) is 41.5 Å². The van der Waals surface area contributed by atoms with Gasteiger partial charge >= 0.3 is 0 Å². The zero-order chi connectivity index (χ0) is 9.97. The molecule has 0 atom stereocenters. The normalized spacial score (nSPS) is 16.6. The van der Waals surface area contributed by atoms with Crippen molar-refractivity contribution in [3.63, 3.8) is 0 Å². The third-order valence-corrected chi connectivity index (χ3v) is 2.59. The summed E-state index contributed by atoms with van der Waals surface area (Å²) in [6.45, 7) is 2.05. The molecule has 2 rings (SSSR count). The van der Waals surface area contributed by atoms with Gasteiger partial charge in [0.25, 0.3) is 0 Å². The van der Waals surface area contributed by atoms with E-state index in [4.69, 9.17) is 0 Å². The molecule has 1 aliphatic carbocycles. The Morgan fingerprint density at radius 1 is 1.29 bits per heavy atom. The summed E-state index contributed by atoms with van der Waals surface area (Å²) in [5, 5.41) is 0. The molecule has 0 saturated carbocycles. The van der Waals surface area contributed by atoms with Gasteiger partial charge in [0.05, 0.1) is 0 Å². The summed E-state index contributed by atoms with van der Waals surface area (Å²) in [5.74, 6) is 0.293. The van der Waals surface area contributed by atoms with E-state index < -0.39 is 0 Å². The number of rotatable bonds is 1. The first-order valence-corrected chi connectivity index (χ1v) is 5.08. The molecule has 0 spiro atoms. The van der Waals surface area contributed by atoms with Gasteiger partial charge in [-0.25, -0.2) is 0 Å². The van der Waals surface area contributed by atoms with Crippen LogP contribution in [-0.4, -0.2) is 5.78 Å². The molecule has 1 aromatic carbocycles. The smallest absolute Gasteiger partial charge is 0.163 e. The number of Topliss-reactive ketones (excluding diaryl/α,β-unsaturated/α-hetero) is 1. The van der Waals surface area contributed by atoms with Crippen molar-refractivity contribution in [1.82, 2.24) is 0 Å². The Bertz CT molecular complexity index is 388. The van der Waals surface area contributed by atoms with Crippen molar-refractivity contribution in [3.8, 4) is 0 Å². The Hall–Kier alpha value is -1.37. The van der Waals surface area contributed by atoms with Gasteiger partial charge in [-0.2, -0.15) is 0 Å². The second-order valence-electron chi connectivity index (χ2n) is 3.80. The molecular formula is C13H14O. The minimum atomic E-state index is 0.293. The van der Waals surface area contributed by atoms with E-state index >= 15 is 0 Å². The van der Waals surface area contributed by atoms with Gasteiger partial charge in [0.15, 0.2) is 5.78 Å². The summed E-state index contributed by atoms with van der Waals surface area (Å²) >= 11 is 0. The van der Waals surface area contributed by atoms with Crippen LogP contribution in [0, 0.1) is 6.92 Å². The van der Waals surface area contributed by atoms with E-state index in [0.29, 0.717) is 12.2 Å². The van der Waals surface area contributed by atoms with Crippen molar-refractivity contribution in [2.24, 2.45) is 0 Å². The van der Waals surface area contributed by atoms with Gasteiger partial charge in [-0.1, -0.05) is 35.9 Å². The predicted octanol–water partition coefficient (Wildman–Crippen LogP) is 3.13. The number of aryl methyl sites for hydroxylation is 1. The maximum atomic E-state index is 11.6. The van der Waals surface area contributed by atoms with Gasteiger partial charge in [-0.3, -0.25) is 4.79 Å². The van der Waals surface area contributed by atoms with Gasteiger partial charge in [0, 0.05) is 12.0 Å². The summed E-state index contributed by atoms with van der Waals surface area (Å²) < 4.78 is 0. The van der Waals surface area contributed by atoms with E-state index in [9.17, 15) is 4.79 Å². The first-order valence-electron chi connectivity index (χ1n) is 5.08. The SMILES string of the molecule is Cc1cccc(C2=CCCCC2=O)c1. The first kappa shape index (κ1) is 9.20. The van der Waals surface area contributed by atoms with Gasteiger partial charge in [-0.15, -0.1) is 0 Å². The van der Waals surface area contributed by atoms with Crippen molar-refractivity contribution >= 4 is 11.4 Å². The van der Waals surface area contributed by atoms with E-state index in [2.05, 4.69) is 25.1 Å². The molecule has 0 aliphatic heterocycles. The largest absolute Gasteiger partial charge is 0.294 e. The van der Waals surface area contributed by atoms with Crippen LogP contribution in [0.4, 0.5) is 0 Å². The summed E-state index contributed by atoms with van der Waals surface area (Å²) in [4.78, 5) is 11.6. The molecule has 0 unspecified atom stereocenters. The molecule has 0 amide bonds. The highest BCUT2D eigenvalue weighted by molar-refractivity contribution is 6.21. The fourth-order valence-corrected chi connectivity index (χ4v) is 1.85. The Kier molecular flexibility index (Phi) is 2.49. The Labute approximate surface area is 84.5 Å². The fraction of sp³-hybridized carbons (Fsp3) is 0.308. The standard InChI is InChI=1S/C13H14O/c1-10-5-4-6-11(9-10)12-7-2-3-8-13(12)14/h4-7,9H,2-3,8H2,1H3. The average Bonchev–Trinajstić information content (AvgIpc) is 2.18. The number of hydrogen-bond donors (Lipinski definition) is 0. The number of allylic oxidation sites excluding steroid dienone is 2. The number of ketones is 1. The molecule has 0 radical (unpaired) electrons. The lowest BCUT2D eigenvalue weighted by molar-refractivity contribution is -0.114. The van der Waals surface area contributed by atoms with Crippen LogP contribution in [0.15, 0.2) is 30.3 Å². The number of hydrogen-bond acceptors (Lipinski definition) is 1. The number of carbonyl (C=O) groups is 1. The third kappa shape index (κ3) is 1.77. The maximum Gasteiger partial charge on any atom is 0.163 e. The van der Waals surface area contributed by atoms with Crippen LogP contribution in [0.1, 0.15) is 30.4 Å². The van der Waals surface area contributed by atoms with Crippen molar-refractivity contribution in [2.75, 3.05) is 0 Å². The van der Waals surface area contributed by atoms with E-state index in [1.807, 2.05) is 12.1 Å². The zero-order valence-electron chi connectivity index (χ0n) is 8.42. The zero-order valence-corrected chi connectivity index (χ0v) is 8.42. The summed E-state index contributed by atoms with van der Waals surface area (Å²) in [5.41, 5.74) is 3.21. The van der Waals surface area contributed by atoms with Gasteiger partial charge < -0.3 is 0 Å². The molecule has 0 saturated heterocycles. The number of benzene rings is 1. The molecular weight excluding hydrogens is 172 g/mol. The highest BCUT2D eigenvalue weighted by Gasteiger charge is 2.14. The van der Waals surface area contributed by atoms with Gasteiger partial charge in [0.1, 0.15) is 0 Å². The lowest BCUT2D eigenvalue weighted by Crippen LogP contribution is -2.05. The van der Waals surface area contributed by atoms with Crippen LogP contribution in [0.3, 0.4) is 0 Å². The van der Waals surface area contributed by atoms with E-state index in [1.54, 1.807) is 0 Å². The van der Waals surface area contributed by atoms with Gasteiger partial charge in [0.2, 0.25) is 0 Å². The van der Waals surface area contributed by atoms with Gasteiger partial charge in [-0.05, 0) is 25.3 Å². The van der Waals surface area contributed by atoms with Crippen molar-refractivity contribution in [2.45, 2.75) is 26.2 Å². The molecule has 1 heteroatoms. The fourth-order valence-electron chi connectivity index (χ4n) is 1.85. The Balaban J connectivity index is 2.39. The lowest BCUT2D eigenvalue weighted by atomic mass is 9.92. The minimum Gasteiger partial charge on any atom is -0.294 e. The second kappa shape index (κ2) is 3.79. The van der Waals surface area contributed by atoms with Crippen molar-refractivity contribution in [1.29, 1.82) is 0 Å². The van der Waals surface area contributed by atoms with Crippen LogP contribution < -0.4 is 0 Å². The molecule has 72 valence electrons. The van der Waals surface area contributed by atoms with Crippen molar-refractivity contribution < 1.29 is 4.79 Å². The highest BCUT2D eigenvalue weighted by atomic mass is 16.1. The van der Waals surface area contributed by atoms with E-state index in [1.165, 1.54) is 5.56 Å². The molecule has 1 aromatic rings. The molecule has 0 heterocycles. The topological polar surface area (TPSA) is 17.1 Å². The summed E-state index contributed by atoms with van der Waals surface area (Å²) in [7, 11) is 0. The molecule has 0 bridgehead atoms. The quantitative estimate of drug-likeness (QED) is 0.658. The lowest BCUT2D eigenvalue weighted by Gasteiger charge is -2.11. The van der Waals surface area contributed by atoms with Crippen LogP contribution in [0.5, 0.6) is 0 Å². The molecule has 0 aromatic heterocycles.